The summed E-state index contributed by atoms with van der Waals surface area (Å²) in [5.74, 6) is -0.305. The molecule has 0 aliphatic rings. The van der Waals surface area contributed by atoms with E-state index in [9.17, 15) is 4.79 Å². The minimum atomic E-state index is -0.305. The van der Waals surface area contributed by atoms with Crippen LogP contribution >= 0.6 is 0 Å². The number of ether oxygens (including phenoxy) is 2. The molecule has 0 unspecified atom stereocenters. The van der Waals surface area contributed by atoms with Crippen molar-refractivity contribution in [3.8, 4) is 0 Å². The van der Waals surface area contributed by atoms with E-state index >= 15 is 0 Å². The molecular formula is C13H16O3. The van der Waals surface area contributed by atoms with Crippen molar-refractivity contribution in [1.29, 1.82) is 0 Å². The molecular weight excluding hydrogens is 204 g/mol. The maximum Gasteiger partial charge on any atom is 0.333 e. The maximum atomic E-state index is 11.5. The Morgan fingerprint density at radius 1 is 1.25 bits per heavy atom. The fourth-order valence-corrected chi connectivity index (χ4v) is 1.33. The third kappa shape index (κ3) is 3.87. The van der Waals surface area contributed by atoms with Crippen LogP contribution in [0.2, 0.25) is 0 Å². The lowest BCUT2D eigenvalue weighted by atomic mass is 10.1. The number of hydrogen-bond donors (Lipinski definition) is 0. The predicted octanol–water partition coefficient (Wildman–Crippen LogP) is 2.28. The topological polar surface area (TPSA) is 35.5 Å². The highest BCUT2D eigenvalue weighted by molar-refractivity contribution is 5.93. The van der Waals surface area contributed by atoms with Crippen molar-refractivity contribution in [2.45, 2.75) is 6.42 Å². The molecule has 0 amide bonds. The standard InChI is InChI=1S/C13H16O3/c1-15-9-8-12(13(14)16-2)10-11-6-4-3-5-7-11/h3-7,10H,8-9H2,1-2H3/b12-10+. The lowest BCUT2D eigenvalue weighted by Crippen LogP contribution is -2.07. The molecule has 0 bridgehead atoms. The van der Waals surface area contributed by atoms with Gasteiger partial charge in [0.15, 0.2) is 0 Å². The molecule has 0 aromatic heterocycles. The number of benzene rings is 1. The van der Waals surface area contributed by atoms with Gasteiger partial charge in [-0.25, -0.2) is 4.79 Å². The van der Waals surface area contributed by atoms with Gasteiger partial charge in [0.05, 0.1) is 13.7 Å². The van der Waals surface area contributed by atoms with Gasteiger partial charge in [-0.05, 0) is 11.6 Å². The molecule has 3 heteroatoms. The molecule has 0 fully saturated rings. The van der Waals surface area contributed by atoms with Crippen LogP contribution in [0.25, 0.3) is 6.08 Å². The summed E-state index contributed by atoms with van der Waals surface area (Å²) in [6.45, 7) is 0.508. The van der Waals surface area contributed by atoms with Crippen molar-refractivity contribution in [1.82, 2.24) is 0 Å². The van der Waals surface area contributed by atoms with Gasteiger partial charge < -0.3 is 9.47 Å². The second-order valence-electron chi connectivity index (χ2n) is 3.31. The summed E-state index contributed by atoms with van der Waals surface area (Å²) >= 11 is 0. The number of carbonyl (C=O) groups is 1. The number of carbonyl (C=O) groups excluding carboxylic acids is 1. The largest absolute Gasteiger partial charge is 0.466 e. The van der Waals surface area contributed by atoms with E-state index in [0.29, 0.717) is 18.6 Å². The molecule has 0 saturated carbocycles. The monoisotopic (exact) mass is 220 g/mol. The van der Waals surface area contributed by atoms with Gasteiger partial charge in [-0.2, -0.15) is 0 Å². The van der Waals surface area contributed by atoms with Gasteiger partial charge in [0.25, 0.3) is 0 Å². The van der Waals surface area contributed by atoms with Crippen LogP contribution in [-0.4, -0.2) is 26.8 Å². The predicted molar refractivity (Wildman–Crippen MR) is 62.9 cm³/mol. The highest BCUT2D eigenvalue weighted by atomic mass is 16.5. The zero-order chi connectivity index (χ0) is 11.8. The highest BCUT2D eigenvalue weighted by Gasteiger charge is 2.08. The van der Waals surface area contributed by atoms with E-state index < -0.39 is 0 Å². The van der Waals surface area contributed by atoms with Crippen molar-refractivity contribution in [2.24, 2.45) is 0 Å². The number of methoxy groups -OCH3 is 2. The van der Waals surface area contributed by atoms with Crippen LogP contribution in [0.4, 0.5) is 0 Å². The number of rotatable bonds is 5. The summed E-state index contributed by atoms with van der Waals surface area (Å²) in [6, 6.07) is 9.67. The summed E-state index contributed by atoms with van der Waals surface area (Å²) in [6.07, 6.45) is 2.38. The van der Waals surface area contributed by atoms with E-state index in [2.05, 4.69) is 0 Å². The molecule has 0 saturated heterocycles. The SMILES string of the molecule is COCC/C(=C\c1ccccc1)C(=O)OC. The van der Waals surface area contributed by atoms with Gasteiger partial charge in [0.2, 0.25) is 0 Å². The van der Waals surface area contributed by atoms with Crippen molar-refractivity contribution < 1.29 is 14.3 Å². The Hall–Kier alpha value is -1.61. The van der Waals surface area contributed by atoms with Gasteiger partial charge in [-0.3, -0.25) is 0 Å². The van der Waals surface area contributed by atoms with E-state index in [1.54, 1.807) is 7.11 Å². The third-order valence-corrected chi connectivity index (χ3v) is 2.16. The molecule has 0 N–H and O–H groups in total. The molecule has 1 rings (SSSR count). The fraction of sp³-hybridized carbons (Fsp3) is 0.308. The Labute approximate surface area is 95.7 Å². The Morgan fingerprint density at radius 3 is 2.50 bits per heavy atom. The van der Waals surface area contributed by atoms with Crippen molar-refractivity contribution in [3.63, 3.8) is 0 Å². The van der Waals surface area contributed by atoms with E-state index in [0.717, 1.165) is 5.56 Å². The average molecular weight is 220 g/mol. The molecule has 0 radical (unpaired) electrons. The van der Waals surface area contributed by atoms with Crippen molar-refractivity contribution >= 4 is 12.0 Å². The van der Waals surface area contributed by atoms with Crippen molar-refractivity contribution in [2.75, 3.05) is 20.8 Å². The first-order valence-corrected chi connectivity index (χ1v) is 5.11. The van der Waals surface area contributed by atoms with E-state index in [1.807, 2.05) is 36.4 Å². The second kappa shape index (κ2) is 6.80. The Morgan fingerprint density at radius 2 is 1.94 bits per heavy atom. The Kier molecular flexibility index (Phi) is 5.29. The van der Waals surface area contributed by atoms with Crippen LogP contribution in [0.5, 0.6) is 0 Å². The van der Waals surface area contributed by atoms with Gasteiger partial charge in [-0.15, -0.1) is 0 Å². The van der Waals surface area contributed by atoms with Crippen LogP contribution in [0.3, 0.4) is 0 Å². The number of hydrogen-bond acceptors (Lipinski definition) is 3. The van der Waals surface area contributed by atoms with Crippen molar-refractivity contribution in [3.05, 3.63) is 41.5 Å². The van der Waals surface area contributed by atoms with Gasteiger partial charge in [0.1, 0.15) is 0 Å². The molecule has 3 nitrogen and oxygen atoms in total. The summed E-state index contributed by atoms with van der Waals surface area (Å²) < 4.78 is 9.67. The molecule has 0 aliphatic carbocycles. The Bertz CT molecular complexity index is 355. The van der Waals surface area contributed by atoms with Crippen LogP contribution in [0, 0.1) is 0 Å². The average Bonchev–Trinajstić information content (AvgIpc) is 2.34. The van der Waals surface area contributed by atoms with Gasteiger partial charge >= 0.3 is 5.97 Å². The first kappa shape index (κ1) is 12.5. The zero-order valence-corrected chi connectivity index (χ0v) is 9.60. The lowest BCUT2D eigenvalue weighted by molar-refractivity contribution is -0.136. The summed E-state index contributed by atoms with van der Waals surface area (Å²) in [5.41, 5.74) is 1.61. The first-order valence-electron chi connectivity index (χ1n) is 5.11. The minimum Gasteiger partial charge on any atom is -0.466 e. The molecule has 1 aromatic carbocycles. The van der Waals surface area contributed by atoms with Gasteiger partial charge in [0, 0.05) is 19.1 Å². The summed E-state index contributed by atoms with van der Waals surface area (Å²) in [7, 11) is 2.99. The summed E-state index contributed by atoms with van der Waals surface area (Å²) in [5, 5.41) is 0. The Balaban J connectivity index is 2.83. The minimum absolute atomic E-state index is 0.305. The highest BCUT2D eigenvalue weighted by Crippen LogP contribution is 2.11. The molecule has 16 heavy (non-hydrogen) atoms. The number of esters is 1. The quantitative estimate of drug-likeness (QED) is 0.564. The second-order valence-corrected chi connectivity index (χ2v) is 3.31. The van der Waals surface area contributed by atoms with Crippen LogP contribution < -0.4 is 0 Å². The van der Waals surface area contributed by atoms with Gasteiger partial charge in [-0.1, -0.05) is 30.3 Å². The lowest BCUT2D eigenvalue weighted by Gasteiger charge is -2.04. The van der Waals surface area contributed by atoms with Crippen LogP contribution in [-0.2, 0) is 14.3 Å². The van der Waals surface area contributed by atoms with E-state index in [-0.39, 0.29) is 5.97 Å². The van der Waals surface area contributed by atoms with E-state index in [1.165, 1.54) is 7.11 Å². The van der Waals surface area contributed by atoms with Crippen LogP contribution in [0.15, 0.2) is 35.9 Å². The normalized spacial score (nSPS) is 11.2. The molecule has 0 heterocycles. The maximum absolute atomic E-state index is 11.5. The third-order valence-electron chi connectivity index (χ3n) is 2.16. The molecule has 1 aromatic rings. The fourth-order valence-electron chi connectivity index (χ4n) is 1.33. The zero-order valence-electron chi connectivity index (χ0n) is 9.60. The smallest absolute Gasteiger partial charge is 0.333 e. The molecule has 86 valence electrons. The van der Waals surface area contributed by atoms with Crippen LogP contribution in [0.1, 0.15) is 12.0 Å². The van der Waals surface area contributed by atoms with E-state index in [4.69, 9.17) is 9.47 Å². The summed E-state index contributed by atoms with van der Waals surface area (Å²) in [4.78, 5) is 11.5. The first-order chi connectivity index (χ1) is 7.77. The molecule has 0 spiro atoms. The molecule has 0 atom stereocenters. The molecule has 0 aliphatic heterocycles.